The van der Waals surface area contributed by atoms with Crippen LogP contribution in [0.25, 0.3) is 11.1 Å². The number of benzene rings is 3. The van der Waals surface area contributed by atoms with Crippen molar-refractivity contribution in [1.29, 1.82) is 0 Å². The van der Waals surface area contributed by atoms with Crippen LogP contribution in [0.15, 0.2) is 93.5 Å². The molecule has 42 heavy (non-hydrogen) atoms. The van der Waals surface area contributed by atoms with Gasteiger partial charge in [-0.25, -0.2) is 9.79 Å². The predicted molar refractivity (Wildman–Crippen MR) is 163 cm³/mol. The highest BCUT2D eigenvalue weighted by Crippen LogP contribution is 2.35. The SMILES string of the molecule is CC1=C(C(=O)Nc2cccc(CNC(=O)OC(C)(C)C)c2)C(c2ccccc2Cl)N=C(Nc2nc3ccccc3o2)N1. The van der Waals surface area contributed by atoms with Crippen molar-refractivity contribution in [3.63, 3.8) is 0 Å². The average molecular weight is 587 g/mol. The van der Waals surface area contributed by atoms with E-state index in [4.69, 9.17) is 25.7 Å². The molecule has 0 spiro atoms. The van der Waals surface area contributed by atoms with Crippen LogP contribution in [0.4, 0.5) is 16.5 Å². The van der Waals surface area contributed by atoms with E-state index in [0.29, 0.717) is 44.6 Å². The molecule has 2 amide bonds. The van der Waals surface area contributed by atoms with Crippen molar-refractivity contribution >= 4 is 52.4 Å². The number of nitrogens with one attached hydrogen (secondary N) is 4. The number of rotatable bonds is 6. The molecule has 2 heterocycles. The number of para-hydroxylation sites is 2. The van der Waals surface area contributed by atoms with Crippen LogP contribution in [-0.2, 0) is 16.1 Å². The van der Waals surface area contributed by atoms with Gasteiger partial charge in [-0.1, -0.05) is 54.1 Å². The van der Waals surface area contributed by atoms with Crippen molar-refractivity contribution in [2.24, 2.45) is 4.99 Å². The van der Waals surface area contributed by atoms with Gasteiger partial charge in [0.25, 0.3) is 5.91 Å². The Bertz CT molecular complexity index is 1670. The Morgan fingerprint density at radius 3 is 2.57 bits per heavy atom. The summed E-state index contributed by atoms with van der Waals surface area (Å²) < 4.78 is 11.1. The summed E-state index contributed by atoms with van der Waals surface area (Å²) in [6, 6.07) is 21.4. The molecule has 1 aliphatic heterocycles. The number of anilines is 2. The molecule has 1 aromatic heterocycles. The average Bonchev–Trinajstić information content (AvgIpc) is 3.33. The van der Waals surface area contributed by atoms with Gasteiger partial charge in [-0.2, -0.15) is 4.98 Å². The minimum Gasteiger partial charge on any atom is -0.444 e. The van der Waals surface area contributed by atoms with Gasteiger partial charge in [0.2, 0.25) is 5.96 Å². The van der Waals surface area contributed by atoms with E-state index in [0.717, 1.165) is 5.56 Å². The Morgan fingerprint density at radius 2 is 1.81 bits per heavy atom. The molecule has 11 heteroatoms. The van der Waals surface area contributed by atoms with Gasteiger partial charge >= 0.3 is 12.1 Å². The third-order valence-electron chi connectivity index (χ3n) is 6.23. The van der Waals surface area contributed by atoms with Gasteiger partial charge in [-0.15, -0.1) is 0 Å². The Balaban J connectivity index is 1.36. The smallest absolute Gasteiger partial charge is 0.407 e. The lowest BCUT2D eigenvalue weighted by atomic mass is 9.95. The number of carbonyl (C=O) groups excluding carboxylic acids is 2. The normalized spacial score (nSPS) is 15.1. The van der Waals surface area contributed by atoms with Gasteiger partial charge < -0.3 is 25.1 Å². The maximum Gasteiger partial charge on any atom is 0.407 e. The topological polar surface area (TPSA) is 130 Å². The van der Waals surface area contributed by atoms with E-state index < -0.39 is 17.7 Å². The lowest BCUT2D eigenvalue weighted by Crippen LogP contribution is -2.37. The first kappa shape index (κ1) is 28.7. The number of aromatic nitrogens is 1. The Kier molecular flexibility index (Phi) is 8.17. The number of alkyl carbamates (subject to hydrolysis) is 1. The van der Waals surface area contributed by atoms with Crippen LogP contribution < -0.4 is 21.3 Å². The van der Waals surface area contributed by atoms with Crippen molar-refractivity contribution in [3.05, 3.63) is 100 Å². The van der Waals surface area contributed by atoms with Crippen LogP contribution >= 0.6 is 11.6 Å². The van der Waals surface area contributed by atoms with Gasteiger partial charge in [0.1, 0.15) is 17.2 Å². The summed E-state index contributed by atoms with van der Waals surface area (Å²) in [5.41, 5.74) is 3.72. The number of halogens is 1. The second-order valence-corrected chi connectivity index (χ2v) is 11.1. The van der Waals surface area contributed by atoms with Gasteiger partial charge in [0.15, 0.2) is 5.58 Å². The zero-order chi connectivity index (χ0) is 29.9. The van der Waals surface area contributed by atoms with E-state index in [1.807, 2.05) is 48.5 Å². The highest BCUT2D eigenvalue weighted by Gasteiger charge is 2.31. The number of hydrogen-bond acceptors (Lipinski definition) is 8. The highest BCUT2D eigenvalue weighted by molar-refractivity contribution is 6.31. The van der Waals surface area contributed by atoms with Gasteiger partial charge in [-0.05, 0) is 63.6 Å². The molecular formula is C31H31ClN6O4. The molecular weight excluding hydrogens is 556 g/mol. The molecule has 5 rings (SSSR count). The van der Waals surface area contributed by atoms with E-state index in [9.17, 15) is 9.59 Å². The molecule has 0 aliphatic carbocycles. The number of hydrogen-bond donors (Lipinski definition) is 4. The molecule has 10 nitrogen and oxygen atoms in total. The fraction of sp³-hybridized carbons (Fsp3) is 0.226. The number of amides is 2. The van der Waals surface area contributed by atoms with Crippen LogP contribution in [0, 0.1) is 0 Å². The number of fused-ring (bicyclic) bond motifs is 1. The van der Waals surface area contributed by atoms with Crippen LogP contribution in [0.1, 0.15) is 44.9 Å². The van der Waals surface area contributed by atoms with Crippen LogP contribution in [0.5, 0.6) is 0 Å². The van der Waals surface area contributed by atoms with E-state index in [1.165, 1.54) is 0 Å². The quantitative estimate of drug-likeness (QED) is 0.202. The molecule has 0 bridgehead atoms. The number of aliphatic imine (C=N–C) groups is 1. The zero-order valence-corrected chi connectivity index (χ0v) is 24.4. The third-order valence-corrected chi connectivity index (χ3v) is 6.57. The first-order chi connectivity index (χ1) is 20.1. The fourth-order valence-electron chi connectivity index (χ4n) is 4.43. The highest BCUT2D eigenvalue weighted by atomic mass is 35.5. The van der Waals surface area contributed by atoms with Crippen LogP contribution in [0.3, 0.4) is 0 Å². The van der Waals surface area contributed by atoms with E-state index in [2.05, 4.69) is 26.3 Å². The number of oxazole rings is 1. The van der Waals surface area contributed by atoms with E-state index in [-0.39, 0.29) is 18.5 Å². The largest absolute Gasteiger partial charge is 0.444 e. The molecule has 4 N–H and O–H groups in total. The van der Waals surface area contributed by atoms with Crippen LogP contribution in [0.2, 0.25) is 5.02 Å². The third kappa shape index (κ3) is 6.90. The maximum absolute atomic E-state index is 13.7. The molecule has 0 fully saturated rings. The Hall–Kier alpha value is -4.83. The minimum absolute atomic E-state index is 0.235. The molecule has 0 saturated heterocycles. The van der Waals surface area contributed by atoms with Crippen LogP contribution in [-0.4, -0.2) is 28.5 Å². The van der Waals surface area contributed by atoms with Gasteiger partial charge in [-0.3, -0.25) is 10.1 Å². The lowest BCUT2D eigenvalue weighted by molar-refractivity contribution is -0.113. The first-order valence-corrected chi connectivity index (χ1v) is 13.7. The lowest BCUT2D eigenvalue weighted by Gasteiger charge is -2.27. The number of carbonyl (C=O) groups is 2. The van der Waals surface area contributed by atoms with Gasteiger partial charge in [0, 0.05) is 28.5 Å². The summed E-state index contributed by atoms with van der Waals surface area (Å²) in [5, 5.41) is 12.4. The van der Waals surface area contributed by atoms with Gasteiger partial charge in [0.05, 0.1) is 5.57 Å². The summed E-state index contributed by atoms with van der Waals surface area (Å²) >= 11 is 6.58. The molecule has 1 aliphatic rings. The molecule has 0 saturated carbocycles. The Morgan fingerprint density at radius 1 is 1.05 bits per heavy atom. The van der Waals surface area contributed by atoms with Crippen molar-refractivity contribution in [3.8, 4) is 0 Å². The summed E-state index contributed by atoms with van der Waals surface area (Å²) in [6.45, 7) is 7.43. The zero-order valence-electron chi connectivity index (χ0n) is 23.6. The standard InChI is InChI=1S/C31H31ClN6O4/c1-18-25(27(39)35-20-11-9-10-19(16-20)17-33-30(40)42-31(2,3)4)26(21-12-5-6-13-22(21)32)37-28(34-18)38-29-36-23-14-7-8-15-24(23)41-29/h5-16,26H,17H2,1-4H3,(H,33,40)(H,35,39)(H2,34,36,37,38). The monoisotopic (exact) mass is 586 g/mol. The van der Waals surface area contributed by atoms with Crippen molar-refractivity contribution in [2.75, 3.05) is 10.6 Å². The molecule has 4 aromatic rings. The predicted octanol–water partition coefficient (Wildman–Crippen LogP) is 6.53. The summed E-state index contributed by atoms with van der Waals surface area (Å²) in [6.07, 6.45) is -0.520. The van der Waals surface area contributed by atoms with Crippen molar-refractivity contribution in [1.82, 2.24) is 15.6 Å². The molecule has 0 radical (unpaired) electrons. The molecule has 1 atom stereocenters. The van der Waals surface area contributed by atoms with E-state index >= 15 is 0 Å². The first-order valence-electron chi connectivity index (χ1n) is 13.4. The summed E-state index contributed by atoms with van der Waals surface area (Å²) in [4.78, 5) is 35.0. The second kappa shape index (κ2) is 12.0. The second-order valence-electron chi connectivity index (χ2n) is 10.7. The summed E-state index contributed by atoms with van der Waals surface area (Å²) in [5.74, 6) is 0.00238. The number of ether oxygens (including phenoxy) is 1. The maximum atomic E-state index is 13.7. The van der Waals surface area contributed by atoms with E-state index in [1.54, 1.807) is 52.0 Å². The number of guanidine groups is 1. The summed E-state index contributed by atoms with van der Waals surface area (Å²) in [7, 11) is 0. The minimum atomic E-state index is -0.719. The van der Waals surface area contributed by atoms with Crippen molar-refractivity contribution < 1.29 is 18.7 Å². The Labute approximate surface area is 248 Å². The molecule has 216 valence electrons. The number of nitrogens with zero attached hydrogens (tertiary/aromatic N) is 2. The molecule has 1 unspecified atom stereocenters. The number of allylic oxidation sites excluding steroid dienone is 1. The fourth-order valence-corrected chi connectivity index (χ4v) is 4.67. The molecule has 3 aromatic carbocycles. The van der Waals surface area contributed by atoms with Crippen molar-refractivity contribution in [2.45, 2.75) is 45.9 Å².